The molecular formula is C18H25NO3S. The van der Waals surface area contributed by atoms with Gasteiger partial charge in [-0.3, -0.25) is 4.79 Å². The van der Waals surface area contributed by atoms with Gasteiger partial charge in [-0.15, -0.1) is 11.3 Å². The van der Waals surface area contributed by atoms with Gasteiger partial charge in [0.25, 0.3) is 0 Å². The van der Waals surface area contributed by atoms with Gasteiger partial charge in [0.05, 0.1) is 12.2 Å². The largest absolute Gasteiger partial charge is 0.462 e. The molecule has 0 saturated heterocycles. The van der Waals surface area contributed by atoms with Crippen molar-refractivity contribution in [2.24, 2.45) is 5.92 Å². The van der Waals surface area contributed by atoms with Crippen molar-refractivity contribution < 1.29 is 14.3 Å². The van der Waals surface area contributed by atoms with E-state index < -0.39 is 0 Å². The third-order valence-corrected chi connectivity index (χ3v) is 6.06. The Morgan fingerprint density at radius 2 is 1.91 bits per heavy atom. The van der Waals surface area contributed by atoms with E-state index in [1.807, 2.05) is 6.92 Å². The minimum Gasteiger partial charge on any atom is -0.462 e. The van der Waals surface area contributed by atoms with E-state index in [0.717, 1.165) is 44.1 Å². The predicted octanol–water partition coefficient (Wildman–Crippen LogP) is 4.32. The average Bonchev–Trinajstić information content (AvgIpc) is 3.14. The highest BCUT2D eigenvalue weighted by Gasteiger charge is 2.28. The van der Waals surface area contributed by atoms with E-state index in [0.29, 0.717) is 29.5 Å². The number of amides is 1. The van der Waals surface area contributed by atoms with Crippen LogP contribution in [0.4, 0.5) is 5.00 Å². The lowest BCUT2D eigenvalue weighted by atomic mass is 9.95. The maximum absolute atomic E-state index is 12.4. The summed E-state index contributed by atoms with van der Waals surface area (Å²) in [6, 6.07) is 0. The Morgan fingerprint density at radius 1 is 1.17 bits per heavy atom. The normalized spacial score (nSPS) is 17.8. The van der Waals surface area contributed by atoms with Gasteiger partial charge in [0.2, 0.25) is 5.91 Å². The van der Waals surface area contributed by atoms with Gasteiger partial charge in [-0.1, -0.05) is 12.8 Å². The molecule has 0 atom stereocenters. The standard InChI is InChI=1S/C18H25NO3S/c1-2-22-18(21)16-13-9-5-6-10-14(13)23-17(16)19-15(20)11-12-7-3-4-8-12/h12H,2-11H2,1H3,(H,19,20). The summed E-state index contributed by atoms with van der Waals surface area (Å²) in [5.74, 6) is 0.264. The van der Waals surface area contributed by atoms with Gasteiger partial charge in [-0.2, -0.15) is 0 Å². The summed E-state index contributed by atoms with van der Waals surface area (Å²) in [7, 11) is 0. The van der Waals surface area contributed by atoms with Gasteiger partial charge >= 0.3 is 5.97 Å². The summed E-state index contributed by atoms with van der Waals surface area (Å²) in [6.07, 6.45) is 9.53. The molecule has 1 aromatic heterocycles. The zero-order chi connectivity index (χ0) is 16.2. The van der Waals surface area contributed by atoms with Gasteiger partial charge in [0.15, 0.2) is 0 Å². The Morgan fingerprint density at radius 3 is 2.65 bits per heavy atom. The smallest absolute Gasteiger partial charge is 0.341 e. The van der Waals surface area contributed by atoms with Crippen LogP contribution < -0.4 is 5.32 Å². The predicted molar refractivity (Wildman–Crippen MR) is 92.1 cm³/mol. The minimum absolute atomic E-state index is 0.0426. The summed E-state index contributed by atoms with van der Waals surface area (Å²) in [4.78, 5) is 26.0. The monoisotopic (exact) mass is 335 g/mol. The van der Waals surface area contributed by atoms with Crippen LogP contribution in [0.1, 0.15) is 72.7 Å². The molecule has 23 heavy (non-hydrogen) atoms. The Hall–Kier alpha value is -1.36. The molecule has 0 radical (unpaired) electrons. The first-order valence-corrected chi connectivity index (χ1v) is 9.62. The third-order valence-electron chi connectivity index (χ3n) is 4.85. The van der Waals surface area contributed by atoms with E-state index >= 15 is 0 Å². The molecule has 0 spiro atoms. The fourth-order valence-electron chi connectivity index (χ4n) is 3.73. The van der Waals surface area contributed by atoms with E-state index in [9.17, 15) is 9.59 Å². The van der Waals surface area contributed by atoms with Crippen LogP contribution in [0.15, 0.2) is 0 Å². The molecule has 5 heteroatoms. The second kappa shape index (κ2) is 7.47. The lowest BCUT2D eigenvalue weighted by Crippen LogP contribution is -2.17. The van der Waals surface area contributed by atoms with Crippen molar-refractivity contribution in [2.45, 2.75) is 64.7 Å². The molecule has 4 nitrogen and oxygen atoms in total. The van der Waals surface area contributed by atoms with E-state index in [4.69, 9.17) is 4.74 Å². The van der Waals surface area contributed by atoms with Crippen LogP contribution in [0.3, 0.4) is 0 Å². The topological polar surface area (TPSA) is 55.4 Å². The molecular weight excluding hydrogens is 310 g/mol. The maximum Gasteiger partial charge on any atom is 0.341 e. The third kappa shape index (κ3) is 3.77. The summed E-state index contributed by atoms with van der Waals surface area (Å²) in [5.41, 5.74) is 1.72. The number of fused-ring (bicyclic) bond motifs is 1. The molecule has 2 aliphatic rings. The second-order valence-corrected chi connectivity index (χ2v) is 7.64. The minimum atomic E-state index is -0.289. The fraction of sp³-hybridized carbons (Fsp3) is 0.667. The summed E-state index contributed by atoms with van der Waals surface area (Å²) in [6.45, 7) is 2.17. The zero-order valence-corrected chi connectivity index (χ0v) is 14.6. The molecule has 1 heterocycles. The van der Waals surface area contributed by atoms with Crippen LogP contribution in [-0.4, -0.2) is 18.5 Å². The number of hydrogen-bond acceptors (Lipinski definition) is 4. The van der Waals surface area contributed by atoms with Crippen molar-refractivity contribution in [3.05, 3.63) is 16.0 Å². The number of carbonyl (C=O) groups is 2. The average molecular weight is 335 g/mol. The number of esters is 1. The first kappa shape index (κ1) is 16.5. The van der Waals surface area contributed by atoms with Gasteiger partial charge in [-0.25, -0.2) is 4.79 Å². The maximum atomic E-state index is 12.4. The molecule has 0 aliphatic heterocycles. The lowest BCUT2D eigenvalue weighted by Gasteiger charge is -2.12. The van der Waals surface area contributed by atoms with Crippen LogP contribution in [-0.2, 0) is 22.4 Å². The molecule has 1 aromatic rings. The van der Waals surface area contributed by atoms with Crippen LogP contribution in [0.5, 0.6) is 0 Å². The van der Waals surface area contributed by atoms with E-state index in [2.05, 4.69) is 5.32 Å². The van der Waals surface area contributed by atoms with E-state index in [-0.39, 0.29) is 11.9 Å². The number of nitrogens with one attached hydrogen (secondary N) is 1. The van der Waals surface area contributed by atoms with Gasteiger partial charge < -0.3 is 10.1 Å². The summed E-state index contributed by atoms with van der Waals surface area (Å²) >= 11 is 1.57. The van der Waals surface area contributed by atoms with E-state index in [1.165, 1.54) is 17.7 Å². The van der Waals surface area contributed by atoms with Crippen molar-refractivity contribution in [2.75, 3.05) is 11.9 Å². The SMILES string of the molecule is CCOC(=O)c1c(NC(=O)CC2CCCC2)sc2c1CCCC2. The van der Waals surface area contributed by atoms with Crippen molar-refractivity contribution >= 4 is 28.2 Å². The van der Waals surface area contributed by atoms with Gasteiger partial charge in [0, 0.05) is 11.3 Å². The number of thiophene rings is 1. The van der Waals surface area contributed by atoms with Crippen molar-refractivity contribution in [3.63, 3.8) is 0 Å². The number of hydrogen-bond donors (Lipinski definition) is 1. The quantitative estimate of drug-likeness (QED) is 0.815. The Bertz CT molecular complexity index is 587. The van der Waals surface area contributed by atoms with Crippen LogP contribution in [0.25, 0.3) is 0 Å². The first-order chi connectivity index (χ1) is 11.2. The Balaban J connectivity index is 1.78. The highest BCUT2D eigenvalue weighted by molar-refractivity contribution is 7.17. The molecule has 126 valence electrons. The van der Waals surface area contributed by atoms with Crippen LogP contribution >= 0.6 is 11.3 Å². The van der Waals surface area contributed by atoms with E-state index in [1.54, 1.807) is 11.3 Å². The number of anilines is 1. The molecule has 1 amide bonds. The summed E-state index contributed by atoms with van der Waals surface area (Å²) in [5, 5.41) is 3.72. The van der Waals surface area contributed by atoms with Crippen molar-refractivity contribution in [1.29, 1.82) is 0 Å². The molecule has 2 aliphatic carbocycles. The Kier molecular flexibility index (Phi) is 5.36. The van der Waals surface area contributed by atoms with Crippen LogP contribution in [0.2, 0.25) is 0 Å². The highest BCUT2D eigenvalue weighted by Crippen LogP contribution is 2.39. The van der Waals surface area contributed by atoms with Gasteiger partial charge in [-0.05, 0) is 56.9 Å². The summed E-state index contributed by atoms with van der Waals surface area (Å²) < 4.78 is 5.22. The van der Waals surface area contributed by atoms with Crippen molar-refractivity contribution in [3.8, 4) is 0 Å². The van der Waals surface area contributed by atoms with Gasteiger partial charge in [0.1, 0.15) is 5.00 Å². The molecule has 3 rings (SSSR count). The highest BCUT2D eigenvalue weighted by atomic mass is 32.1. The molecule has 0 aromatic carbocycles. The molecule has 1 N–H and O–H groups in total. The zero-order valence-electron chi connectivity index (χ0n) is 13.8. The Labute approximate surface area is 141 Å². The number of aryl methyl sites for hydroxylation is 1. The second-order valence-electron chi connectivity index (χ2n) is 6.54. The number of carbonyl (C=O) groups excluding carboxylic acids is 2. The lowest BCUT2D eigenvalue weighted by molar-refractivity contribution is -0.117. The first-order valence-electron chi connectivity index (χ1n) is 8.80. The molecule has 1 fully saturated rings. The fourth-order valence-corrected chi connectivity index (χ4v) is 5.02. The number of ether oxygens (including phenoxy) is 1. The molecule has 1 saturated carbocycles. The van der Waals surface area contributed by atoms with Crippen LogP contribution in [0, 0.1) is 5.92 Å². The number of rotatable bonds is 5. The van der Waals surface area contributed by atoms with Crippen molar-refractivity contribution in [1.82, 2.24) is 0 Å². The molecule has 0 unspecified atom stereocenters. The molecule has 0 bridgehead atoms.